The molecule has 0 amide bonds. The van der Waals surface area contributed by atoms with Gasteiger partial charge in [-0.3, -0.25) is 14.7 Å². The molecule has 2 N–H and O–H groups in total. The topological polar surface area (TPSA) is 75.2 Å². The monoisotopic (exact) mass is 456 g/mol. The lowest BCUT2D eigenvalue weighted by Crippen LogP contribution is -2.52. The highest BCUT2D eigenvalue weighted by atomic mass is 127. The molecular weight excluding hydrogens is 423 g/mol. The standard InChI is InChI=1S/C16H32N4O3.HI/c1-6-17-15(18-11-13(2)14(21)22-5)19-12-16(3,4)20-7-9-23-10-8-20;/h13H,6-12H2,1-5H3,(H2,17,18,19);1H. The molecule has 142 valence electrons. The number of carbonyl (C=O) groups excluding carboxylic acids is 1. The van der Waals surface area contributed by atoms with E-state index in [9.17, 15) is 4.79 Å². The number of nitrogens with zero attached hydrogens (tertiary/aromatic N) is 2. The molecule has 1 rings (SSSR count). The number of hydrogen-bond donors (Lipinski definition) is 2. The number of hydrogen-bond acceptors (Lipinski definition) is 5. The Morgan fingerprint density at radius 2 is 1.96 bits per heavy atom. The van der Waals surface area contributed by atoms with Crippen LogP contribution in [0.2, 0.25) is 0 Å². The van der Waals surface area contributed by atoms with Crippen molar-refractivity contribution in [2.75, 3.05) is 53.0 Å². The zero-order valence-corrected chi connectivity index (χ0v) is 17.9. The summed E-state index contributed by atoms with van der Waals surface area (Å²) in [5.74, 6) is 0.294. The van der Waals surface area contributed by atoms with Gasteiger partial charge in [-0.2, -0.15) is 0 Å². The molecule has 1 aliphatic heterocycles. The predicted molar refractivity (Wildman–Crippen MR) is 107 cm³/mol. The molecule has 0 saturated carbocycles. The number of aliphatic imine (C=N–C) groups is 1. The maximum Gasteiger partial charge on any atom is 0.310 e. The molecule has 0 aliphatic carbocycles. The van der Waals surface area contributed by atoms with Crippen molar-refractivity contribution in [2.45, 2.75) is 33.2 Å². The molecule has 24 heavy (non-hydrogen) atoms. The minimum absolute atomic E-state index is 0. The van der Waals surface area contributed by atoms with Gasteiger partial charge in [-0.25, -0.2) is 0 Å². The zero-order chi connectivity index (χ0) is 17.3. The molecule has 0 aromatic carbocycles. The number of nitrogens with one attached hydrogen (secondary N) is 2. The van der Waals surface area contributed by atoms with E-state index in [2.05, 4.69) is 34.4 Å². The minimum atomic E-state index is -0.220. The highest BCUT2D eigenvalue weighted by molar-refractivity contribution is 14.0. The number of esters is 1. The van der Waals surface area contributed by atoms with Crippen LogP contribution in [0.3, 0.4) is 0 Å². The van der Waals surface area contributed by atoms with E-state index in [0.717, 1.165) is 38.8 Å². The first-order valence-electron chi connectivity index (χ1n) is 8.33. The average Bonchev–Trinajstić information content (AvgIpc) is 2.57. The summed E-state index contributed by atoms with van der Waals surface area (Å²) in [4.78, 5) is 18.5. The Hall–Kier alpha value is -0.610. The summed E-state index contributed by atoms with van der Waals surface area (Å²) in [5, 5.41) is 6.42. The van der Waals surface area contributed by atoms with Gasteiger partial charge in [-0.1, -0.05) is 6.92 Å². The fourth-order valence-corrected chi connectivity index (χ4v) is 2.42. The van der Waals surface area contributed by atoms with Gasteiger partial charge < -0.3 is 20.1 Å². The first kappa shape index (κ1) is 23.4. The molecule has 1 atom stereocenters. The van der Waals surface area contributed by atoms with Crippen molar-refractivity contribution >= 4 is 35.9 Å². The molecule has 0 spiro atoms. The van der Waals surface area contributed by atoms with E-state index in [1.807, 2.05) is 13.8 Å². The van der Waals surface area contributed by atoms with Gasteiger partial charge in [0.2, 0.25) is 0 Å². The molecule has 0 aromatic heterocycles. The van der Waals surface area contributed by atoms with E-state index in [0.29, 0.717) is 13.1 Å². The molecule has 0 radical (unpaired) electrons. The van der Waals surface area contributed by atoms with Crippen LogP contribution in [0.1, 0.15) is 27.7 Å². The van der Waals surface area contributed by atoms with Crippen LogP contribution < -0.4 is 10.6 Å². The van der Waals surface area contributed by atoms with Crippen molar-refractivity contribution in [1.82, 2.24) is 15.5 Å². The number of morpholine rings is 1. The van der Waals surface area contributed by atoms with E-state index < -0.39 is 0 Å². The van der Waals surface area contributed by atoms with Crippen molar-refractivity contribution in [3.63, 3.8) is 0 Å². The molecule has 1 unspecified atom stereocenters. The Morgan fingerprint density at radius 1 is 1.33 bits per heavy atom. The summed E-state index contributed by atoms with van der Waals surface area (Å²) < 4.78 is 10.2. The number of halogens is 1. The normalized spacial score (nSPS) is 17.6. The lowest BCUT2D eigenvalue weighted by Gasteiger charge is -2.39. The third-order valence-corrected chi connectivity index (χ3v) is 4.01. The highest BCUT2D eigenvalue weighted by Gasteiger charge is 2.28. The molecule has 7 nitrogen and oxygen atoms in total. The average molecular weight is 456 g/mol. The second-order valence-electron chi connectivity index (χ2n) is 6.41. The first-order chi connectivity index (χ1) is 10.9. The van der Waals surface area contributed by atoms with Gasteiger partial charge in [0.1, 0.15) is 0 Å². The second kappa shape index (κ2) is 11.9. The zero-order valence-electron chi connectivity index (χ0n) is 15.6. The van der Waals surface area contributed by atoms with Crippen molar-refractivity contribution in [2.24, 2.45) is 10.9 Å². The highest BCUT2D eigenvalue weighted by Crippen LogP contribution is 2.16. The van der Waals surface area contributed by atoms with Crippen molar-refractivity contribution in [1.29, 1.82) is 0 Å². The summed E-state index contributed by atoms with van der Waals surface area (Å²) in [6, 6.07) is 0. The Kier molecular flexibility index (Phi) is 11.6. The van der Waals surface area contributed by atoms with Crippen LogP contribution in [-0.2, 0) is 14.3 Å². The Balaban J connectivity index is 0.00000529. The van der Waals surface area contributed by atoms with Gasteiger partial charge in [0, 0.05) is 31.7 Å². The van der Waals surface area contributed by atoms with Crippen molar-refractivity contribution in [3.8, 4) is 0 Å². The second-order valence-corrected chi connectivity index (χ2v) is 6.41. The Bertz CT molecular complexity index is 399. The van der Waals surface area contributed by atoms with Gasteiger partial charge >= 0.3 is 5.97 Å². The fraction of sp³-hybridized carbons (Fsp3) is 0.875. The van der Waals surface area contributed by atoms with Crippen molar-refractivity contribution in [3.05, 3.63) is 0 Å². The number of methoxy groups -OCH3 is 1. The molecule has 1 saturated heterocycles. The number of rotatable bonds is 7. The van der Waals surface area contributed by atoms with E-state index in [4.69, 9.17) is 9.47 Å². The third kappa shape index (κ3) is 7.98. The number of ether oxygens (including phenoxy) is 2. The van der Waals surface area contributed by atoms with E-state index in [-0.39, 0.29) is 41.4 Å². The SMILES string of the molecule is CCNC(=NCC(C)(C)N1CCOCC1)NCC(C)C(=O)OC.I. The smallest absolute Gasteiger partial charge is 0.310 e. The van der Waals surface area contributed by atoms with E-state index in [1.54, 1.807) is 0 Å². The summed E-state index contributed by atoms with van der Waals surface area (Å²) in [7, 11) is 1.41. The number of guanidine groups is 1. The van der Waals surface area contributed by atoms with Crippen LogP contribution in [0.15, 0.2) is 4.99 Å². The summed E-state index contributed by atoms with van der Waals surface area (Å²) >= 11 is 0. The number of carbonyl (C=O) groups is 1. The largest absolute Gasteiger partial charge is 0.469 e. The third-order valence-electron chi connectivity index (χ3n) is 4.01. The van der Waals surface area contributed by atoms with Gasteiger partial charge in [-0.15, -0.1) is 24.0 Å². The van der Waals surface area contributed by atoms with Crippen molar-refractivity contribution < 1.29 is 14.3 Å². The maximum absolute atomic E-state index is 11.5. The lowest BCUT2D eigenvalue weighted by molar-refractivity contribution is -0.144. The summed E-state index contributed by atoms with van der Waals surface area (Å²) in [6.07, 6.45) is 0. The van der Waals surface area contributed by atoms with Crippen LogP contribution in [-0.4, -0.2) is 75.4 Å². The van der Waals surface area contributed by atoms with Gasteiger partial charge in [-0.05, 0) is 20.8 Å². The van der Waals surface area contributed by atoms with Gasteiger partial charge in [0.05, 0.1) is 32.8 Å². The molecule has 0 bridgehead atoms. The van der Waals surface area contributed by atoms with Crippen LogP contribution in [0.5, 0.6) is 0 Å². The Morgan fingerprint density at radius 3 is 2.50 bits per heavy atom. The molecule has 0 aromatic rings. The molecular formula is C16H33IN4O3. The Labute approximate surface area is 162 Å². The quantitative estimate of drug-likeness (QED) is 0.259. The lowest BCUT2D eigenvalue weighted by atomic mass is 10.0. The molecule has 1 fully saturated rings. The molecule has 1 heterocycles. The summed E-state index contributed by atoms with van der Waals surface area (Å²) in [5.41, 5.74) is -0.0277. The minimum Gasteiger partial charge on any atom is -0.469 e. The maximum atomic E-state index is 11.5. The van der Waals surface area contributed by atoms with Crippen LogP contribution >= 0.6 is 24.0 Å². The van der Waals surface area contributed by atoms with Crippen LogP contribution in [0, 0.1) is 5.92 Å². The molecule has 1 aliphatic rings. The van der Waals surface area contributed by atoms with E-state index >= 15 is 0 Å². The van der Waals surface area contributed by atoms with Gasteiger partial charge in [0.25, 0.3) is 0 Å². The van der Waals surface area contributed by atoms with Gasteiger partial charge in [0.15, 0.2) is 5.96 Å². The molecule has 8 heteroatoms. The van der Waals surface area contributed by atoms with Crippen LogP contribution in [0.25, 0.3) is 0 Å². The summed E-state index contributed by atoms with van der Waals surface area (Å²) in [6.45, 7) is 13.6. The fourth-order valence-electron chi connectivity index (χ4n) is 2.42. The van der Waals surface area contributed by atoms with Crippen LogP contribution in [0.4, 0.5) is 0 Å². The predicted octanol–water partition coefficient (Wildman–Crippen LogP) is 1.08. The first-order valence-corrected chi connectivity index (χ1v) is 8.33. The van der Waals surface area contributed by atoms with E-state index in [1.165, 1.54) is 7.11 Å².